The Hall–Kier alpha value is -2.60. The second-order valence-corrected chi connectivity index (χ2v) is 5.05. The number of ether oxygens (including phenoxy) is 1. The molecular weight excluding hydrogens is 306 g/mol. The van der Waals surface area contributed by atoms with E-state index in [-0.39, 0.29) is 23.7 Å². The highest BCUT2D eigenvalue weighted by Gasteiger charge is 2.23. The first-order chi connectivity index (χ1) is 10.6. The molecule has 0 unspecified atom stereocenters. The Kier molecular flexibility index (Phi) is 3.68. The topological polar surface area (TPSA) is 87.8 Å². The number of ketones is 1. The number of carbonyl (C=O) groups is 2. The second-order valence-electron chi connectivity index (χ2n) is 4.61. The minimum atomic E-state index is -0.427. The van der Waals surface area contributed by atoms with Gasteiger partial charge in [-0.25, -0.2) is 4.98 Å². The fraction of sp³-hybridized carbons (Fsp3) is 0.133. The first kappa shape index (κ1) is 14.3. The van der Waals surface area contributed by atoms with E-state index in [2.05, 4.69) is 15.0 Å². The van der Waals surface area contributed by atoms with Crippen LogP contribution in [-0.2, 0) is 4.79 Å². The highest BCUT2D eigenvalue weighted by molar-refractivity contribution is 6.31. The predicted octanol–water partition coefficient (Wildman–Crippen LogP) is 3.09. The van der Waals surface area contributed by atoms with Crippen molar-refractivity contribution in [3.05, 3.63) is 47.1 Å². The number of halogens is 1. The van der Waals surface area contributed by atoms with Gasteiger partial charge in [0.1, 0.15) is 5.69 Å². The van der Waals surface area contributed by atoms with E-state index < -0.39 is 11.8 Å². The number of nitrogens with one attached hydrogen (secondary N) is 2. The molecule has 0 aliphatic carbocycles. The molecular formula is C15H12ClN3O3. The lowest BCUT2D eigenvalue weighted by atomic mass is 10.2. The van der Waals surface area contributed by atoms with Crippen LogP contribution in [0.1, 0.15) is 29.7 Å². The molecule has 0 atom stereocenters. The van der Waals surface area contributed by atoms with Crippen molar-refractivity contribution in [3.8, 4) is 5.75 Å². The predicted molar refractivity (Wildman–Crippen MR) is 81.3 cm³/mol. The van der Waals surface area contributed by atoms with Crippen LogP contribution >= 0.6 is 11.6 Å². The summed E-state index contributed by atoms with van der Waals surface area (Å²) < 4.78 is 5.33. The number of esters is 1. The van der Waals surface area contributed by atoms with Crippen molar-refractivity contribution in [2.75, 3.05) is 0 Å². The van der Waals surface area contributed by atoms with E-state index in [9.17, 15) is 9.59 Å². The molecule has 2 N–H and O–H groups in total. The number of benzene rings is 1. The quantitative estimate of drug-likeness (QED) is 0.571. The van der Waals surface area contributed by atoms with E-state index in [0.29, 0.717) is 15.9 Å². The standard InChI is InChI=1S/C15H12ClN3O3/c1-2-11(20)22-14-9-4-3-8(16)7-10(9)19-12(14)13(21)15-17-5-6-18-15/h3-7,19H,2H2,1H3,(H,17,18). The van der Waals surface area contributed by atoms with Crippen molar-refractivity contribution in [1.82, 2.24) is 15.0 Å². The Morgan fingerprint density at radius 2 is 2.18 bits per heavy atom. The molecule has 3 rings (SSSR count). The van der Waals surface area contributed by atoms with Gasteiger partial charge >= 0.3 is 5.97 Å². The zero-order chi connectivity index (χ0) is 15.7. The van der Waals surface area contributed by atoms with Gasteiger partial charge in [-0.05, 0) is 18.2 Å². The lowest BCUT2D eigenvalue weighted by Gasteiger charge is -2.03. The monoisotopic (exact) mass is 317 g/mol. The largest absolute Gasteiger partial charge is 0.423 e. The first-order valence-electron chi connectivity index (χ1n) is 6.66. The van der Waals surface area contributed by atoms with Crippen molar-refractivity contribution in [2.24, 2.45) is 0 Å². The highest BCUT2D eigenvalue weighted by atomic mass is 35.5. The summed E-state index contributed by atoms with van der Waals surface area (Å²) in [7, 11) is 0. The number of aromatic nitrogens is 3. The summed E-state index contributed by atoms with van der Waals surface area (Å²) in [4.78, 5) is 33.8. The number of hydrogen-bond donors (Lipinski definition) is 2. The summed E-state index contributed by atoms with van der Waals surface area (Å²) >= 11 is 5.96. The Morgan fingerprint density at radius 3 is 2.86 bits per heavy atom. The molecule has 0 aliphatic rings. The van der Waals surface area contributed by atoms with Gasteiger partial charge in [0, 0.05) is 29.2 Å². The fourth-order valence-electron chi connectivity index (χ4n) is 2.10. The van der Waals surface area contributed by atoms with Gasteiger partial charge in [-0.15, -0.1) is 0 Å². The Bertz CT molecular complexity index is 852. The maximum absolute atomic E-state index is 12.5. The summed E-state index contributed by atoms with van der Waals surface area (Å²) in [6.45, 7) is 1.68. The highest BCUT2D eigenvalue weighted by Crippen LogP contribution is 2.33. The smallest absolute Gasteiger partial charge is 0.310 e. The summed E-state index contributed by atoms with van der Waals surface area (Å²) in [6, 6.07) is 5.03. The van der Waals surface area contributed by atoms with Crippen LogP contribution in [0.15, 0.2) is 30.6 Å². The number of imidazole rings is 1. The number of rotatable bonds is 4. The van der Waals surface area contributed by atoms with Gasteiger partial charge in [0.05, 0.1) is 5.52 Å². The summed E-state index contributed by atoms with van der Waals surface area (Å²) in [6.07, 6.45) is 3.23. The van der Waals surface area contributed by atoms with Crippen molar-refractivity contribution in [3.63, 3.8) is 0 Å². The molecule has 0 spiro atoms. The lowest BCUT2D eigenvalue weighted by molar-refractivity contribution is -0.133. The molecule has 0 saturated heterocycles. The van der Waals surface area contributed by atoms with Crippen LogP contribution < -0.4 is 4.74 Å². The van der Waals surface area contributed by atoms with Gasteiger partial charge in [-0.1, -0.05) is 18.5 Å². The van der Waals surface area contributed by atoms with Crippen LogP contribution in [0.3, 0.4) is 0 Å². The minimum Gasteiger partial charge on any atom is -0.423 e. The molecule has 0 amide bonds. The molecule has 2 heterocycles. The molecule has 0 fully saturated rings. The Morgan fingerprint density at radius 1 is 1.36 bits per heavy atom. The third kappa shape index (κ3) is 2.48. The Labute approximate surface area is 130 Å². The molecule has 7 heteroatoms. The Balaban J connectivity index is 2.17. The van der Waals surface area contributed by atoms with Crippen molar-refractivity contribution in [2.45, 2.75) is 13.3 Å². The van der Waals surface area contributed by atoms with Gasteiger partial charge in [-0.2, -0.15) is 0 Å². The van der Waals surface area contributed by atoms with Gasteiger partial charge in [0.2, 0.25) is 5.78 Å². The fourth-order valence-corrected chi connectivity index (χ4v) is 2.28. The maximum Gasteiger partial charge on any atom is 0.310 e. The van der Waals surface area contributed by atoms with Gasteiger partial charge in [-0.3, -0.25) is 9.59 Å². The van der Waals surface area contributed by atoms with Crippen LogP contribution in [0.25, 0.3) is 10.9 Å². The molecule has 6 nitrogen and oxygen atoms in total. The number of H-pyrrole nitrogens is 2. The van der Waals surface area contributed by atoms with E-state index in [1.54, 1.807) is 31.3 Å². The average molecular weight is 318 g/mol. The zero-order valence-electron chi connectivity index (χ0n) is 11.6. The third-order valence-electron chi connectivity index (χ3n) is 3.16. The van der Waals surface area contributed by atoms with Gasteiger partial charge < -0.3 is 14.7 Å². The molecule has 22 heavy (non-hydrogen) atoms. The minimum absolute atomic E-state index is 0.159. The van der Waals surface area contributed by atoms with Crippen LogP contribution in [0.5, 0.6) is 5.75 Å². The van der Waals surface area contributed by atoms with E-state index in [4.69, 9.17) is 16.3 Å². The normalized spacial score (nSPS) is 10.8. The molecule has 0 aliphatic heterocycles. The molecule has 112 valence electrons. The van der Waals surface area contributed by atoms with E-state index in [1.807, 2.05) is 0 Å². The molecule has 3 aromatic rings. The SMILES string of the molecule is CCC(=O)Oc1c(C(=O)c2ncc[nH]2)[nH]c2cc(Cl)ccc12. The first-order valence-corrected chi connectivity index (χ1v) is 7.04. The molecule has 0 saturated carbocycles. The lowest BCUT2D eigenvalue weighted by Crippen LogP contribution is -2.11. The van der Waals surface area contributed by atoms with Crippen molar-refractivity contribution >= 4 is 34.3 Å². The summed E-state index contributed by atoms with van der Waals surface area (Å²) in [5.41, 5.74) is 0.773. The van der Waals surface area contributed by atoms with Crippen LogP contribution in [-0.4, -0.2) is 26.7 Å². The molecule has 2 aromatic heterocycles. The van der Waals surface area contributed by atoms with Gasteiger partial charge in [0.25, 0.3) is 0 Å². The number of nitrogens with zero attached hydrogens (tertiary/aromatic N) is 1. The van der Waals surface area contributed by atoms with E-state index in [1.165, 1.54) is 6.20 Å². The zero-order valence-corrected chi connectivity index (χ0v) is 12.4. The molecule has 0 bridgehead atoms. The van der Waals surface area contributed by atoms with E-state index >= 15 is 0 Å². The van der Waals surface area contributed by atoms with E-state index in [0.717, 1.165) is 0 Å². The number of fused-ring (bicyclic) bond motifs is 1. The number of aromatic amines is 2. The number of hydrogen-bond acceptors (Lipinski definition) is 4. The van der Waals surface area contributed by atoms with Crippen molar-refractivity contribution < 1.29 is 14.3 Å². The second kappa shape index (κ2) is 5.65. The van der Waals surface area contributed by atoms with Crippen molar-refractivity contribution in [1.29, 1.82) is 0 Å². The maximum atomic E-state index is 12.5. The molecule has 1 aromatic carbocycles. The number of carbonyl (C=O) groups excluding carboxylic acids is 2. The summed E-state index contributed by atoms with van der Waals surface area (Å²) in [5, 5.41) is 1.13. The summed E-state index contributed by atoms with van der Waals surface area (Å²) in [5.74, 6) is -0.466. The third-order valence-corrected chi connectivity index (χ3v) is 3.39. The molecule has 0 radical (unpaired) electrons. The van der Waals surface area contributed by atoms with Crippen LogP contribution in [0, 0.1) is 0 Å². The van der Waals surface area contributed by atoms with Crippen LogP contribution in [0.4, 0.5) is 0 Å². The van der Waals surface area contributed by atoms with Crippen LogP contribution in [0.2, 0.25) is 5.02 Å². The van der Waals surface area contributed by atoms with Gasteiger partial charge in [0.15, 0.2) is 11.6 Å². The average Bonchev–Trinajstić information content (AvgIpc) is 3.14.